The predicted molar refractivity (Wildman–Crippen MR) is 96.7 cm³/mol. The summed E-state index contributed by atoms with van der Waals surface area (Å²) < 4.78 is 6.76. The van der Waals surface area contributed by atoms with Gasteiger partial charge < -0.3 is 19.2 Å². The first-order valence-electron chi connectivity index (χ1n) is 8.04. The van der Waals surface area contributed by atoms with E-state index in [1.165, 1.54) is 6.20 Å². The van der Waals surface area contributed by atoms with Crippen molar-refractivity contribution in [1.29, 1.82) is 5.26 Å². The van der Waals surface area contributed by atoms with Crippen molar-refractivity contribution >= 4 is 28.2 Å². The number of H-pyrrole nitrogens is 1. The standard InChI is InChI=1S/C19H13N5O3/c20-9-12(18-22-13-5-1-2-6-14(13)23-18)16(25)11-27-19(26)15-10-24-8-4-3-7-17(24)21-15/h1-8,10,25H,11H2,(H,22,23)/b16-12-. The van der Waals surface area contributed by atoms with Crippen molar-refractivity contribution in [2.45, 2.75) is 0 Å². The van der Waals surface area contributed by atoms with Crippen molar-refractivity contribution in [3.63, 3.8) is 0 Å². The molecule has 0 radical (unpaired) electrons. The van der Waals surface area contributed by atoms with Crippen LogP contribution in [0.1, 0.15) is 16.3 Å². The number of aliphatic hydroxyl groups is 1. The molecule has 0 bridgehead atoms. The first-order valence-corrected chi connectivity index (χ1v) is 8.04. The number of ether oxygens (including phenoxy) is 1. The van der Waals surface area contributed by atoms with Crippen LogP contribution in [-0.2, 0) is 4.74 Å². The SMILES string of the molecule is N#C/C(=C(/O)COC(=O)c1cn2ccccc2n1)c1nc2ccccc2[nH]1. The highest BCUT2D eigenvalue weighted by Gasteiger charge is 2.17. The van der Waals surface area contributed by atoms with Gasteiger partial charge in [-0.2, -0.15) is 5.26 Å². The van der Waals surface area contributed by atoms with Crippen LogP contribution in [0.15, 0.2) is 60.6 Å². The molecule has 132 valence electrons. The highest BCUT2D eigenvalue weighted by Crippen LogP contribution is 2.19. The monoisotopic (exact) mass is 359 g/mol. The highest BCUT2D eigenvalue weighted by molar-refractivity contribution is 5.88. The Morgan fingerprint density at radius 3 is 2.81 bits per heavy atom. The van der Waals surface area contributed by atoms with E-state index in [1.54, 1.807) is 34.9 Å². The molecule has 3 heterocycles. The molecule has 8 nitrogen and oxygen atoms in total. The number of benzene rings is 1. The Morgan fingerprint density at radius 2 is 2.04 bits per heavy atom. The molecule has 0 unspecified atom stereocenters. The van der Waals surface area contributed by atoms with E-state index in [0.717, 1.165) is 5.52 Å². The summed E-state index contributed by atoms with van der Waals surface area (Å²) in [4.78, 5) is 23.5. The number of fused-ring (bicyclic) bond motifs is 2. The topological polar surface area (TPSA) is 116 Å². The van der Waals surface area contributed by atoms with E-state index in [9.17, 15) is 15.2 Å². The average Bonchev–Trinajstić information content (AvgIpc) is 3.30. The number of nitrogens with one attached hydrogen (secondary N) is 1. The first-order chi connectivity index (χ1) is 13.2. The number of imidazole rings is 2. The normalized spacial score (nSPS) is 12.0. The molecule has 27 heavy (non-hydrogen) atoms. The number of allylic oxidation sites excluding steroid dienone is 1. The van der Waals surface area contributed by atoms with Crippen LogP contribution in [-0.4, -0.2) is 37.0 Å². The minimum absolute atomic E-state index is 0.0889. The van der Waals surface area contributed by atoms with E-state index in [1.807, 2.05) is 24.3 Å². The zero-order valence-corrected chi connectivity index (χ0v) is 14.0. The van der Waals surface area contributed by atoms with Gasteiger partial charge >= 0.3 is 5.97 Å². The van der Waals surface area contributed by atoms with Crippen molar-refractivity contribution in [2.24, 2.45) is 0 Å². The van der Waals surface area contributed by atoms with Gasteiger partial charge in [0.25, 0.3) is 0 Å². The second-order valence-corrected chi connectivity index (χ2v) is 5.70. The molecule has 0 atom stereocenters. The van der Waals surface area contributed by atoms with Gasteiger partial charge in [0.05, 0.1) is 11.0 Å². The molecule has 8 heteroatoms. The first kappa shape index (κ1) is 16.4. The summed E-state index contributed by atoms with van der Waals surface area (Å²) in [7, 11) is 0. The predicted octanol–water partition coefficient (Wildman–Crippen LogP) is 2.86. The molecule has 0 spiro atoms. The second-order valence-electron chi connectivity index (χ2n) is 5.70. The van der Waals surface area contributed by atoms with Crippen LogP contribution in [0, 0.1) is 11.3 Å². The van der Waals surface area contributed by atoms with E-state index in [0.29, 0.717) is 11.2 Å². The lowest BCUT2D eigenvalue weighted by molar-refractivity contribution is 0.0496. The molecule has 4 aromatic rings. The van der Waals surface area contributed by atoms with Crippen LogP contribution in [0.5, 0.6) is 0 Å². The molecule has 0 aliphatic heterocycles. The van der Waals surface area contributed by atoms with E-state index in [4.69, 9.17) is 4.74 Å². The number of hydrogen-bond donors (Lipinski definition) is 2. The molecule has 0 saturated carbocycles. The fourth-order valence-electron chi connectivity index (χ4n) is 2.64. The number of nitriles is 1. The maximum absolute atomic E-state index is 12.2. The fourth-order valence-corrected chi connectivity index (χ4v) is 2.64. The summed E-state index contributed by atoms with van der Waals surface area (Å²) >= 11 is 0. The largest absolute Gasteiger partial charge is 0.507 e. The number of carbonyl (C=O) groups excluding carboxylic acids is 1. The van der Waals surface area contributed by atoms with Crippen LogP contribution in [0.3, 0.4) is 0 Å². The average molecular weight is 359 g/mol. The Labute approximate surface area is 153 Å². The molecule has 0 amide bonds. The van der Waals surface area contributed by atoms with Crippen molar-refractivity contribution in [1.82, 2.24) is 19.4 Å². The van der Waals surface area contributed by atoms with E-state index < -0.39 is 18.3 Å². The molecule has 0 saturated heterocycles. The van der Waals surface area contributed by atoms with Crippen LogP contribution in [0.2, 0.25) is 0 Å². The summed E-state index contributed by atoms with van der Waals surface area (Å²) in [5.41, 5.74) is 2.01. The lowest BCUT2D eigenvalue weighted by Gasteiger charge is -2.03. The Kier molecular flexibility index (Phi) is 4.03. The van der Waals surface area contributed by atoms with Crippen LogP contribution < -0.4 is 0 Å². The molecule has 0 aliphatic carbocycles. The van der Waals surface area contributed by atoms with Gasteiger partial charge in [-0.05, 0) is 24.3 Å². The number of aromatic amines is 1. The summed E-state index contributed by atoms with van der Waals surface area (Å²) in [6.07, 6.45) is 3.29. The molecule has 3 aromatic heterocycles. The maximum Gasteiger partial charge on any atom is 0.359 e. The minimum Gasteiger partial charge on any atom is -0.507 e. The maximum atomic E-state index is 12.2. The number of esters is 1. The van der Waals surface area contributed by atoms with Gasteiger partial charge in [-0.25, -0.2) is 14.8 Å². The van der Waals surface area contributed by atoms with Crippen molar-refractivity contribution in [3.05, 3.63) is 72.1 Å². The zero-order chi connectivity index (χ0) is 18.8. The number of pyridine rings is 1. The molecule has 4 rings (SSSR count). The van der Waals surface area contributed by atoms with Crippen LogP contribution >= 0.6 is 0 Å². The van der Waals surface area contributed by atoms with Gasteiger partial charge in [0.2, 0.25) is 0 Å². The number of nitrogens with zero attached hydrogens (tertiary/aromatic N) is 4. The van der Waals surface area contributed by atoms with Gasteiger partial charge in [-0.1, -0.05) is 18.2 Å². The highest BCUT2D eigenvalue weighted by atomic mass is 16.5. The third-order valence-corrected chi connectivity index (χ3v) is 3.94. The van der Waals surface area contributed by atoms with Gasteiger partial charge in [0.1, 0.15) is 23.9 Å². The summed E-state index contributed by atoms with van der Waals surface area (Å²) in [6.45, 7) is -0.466. The Balaban J connectivity index is 1.54. The summed E-state index contributed by atoms with van der Waals surface area (Å²) in [6, 6.07) is 14.5. The fraction of sp³-hybridized carbons (Fsp3) is 0.0526. The number of aliphatic hydroxyl groups excluding tert-OH is 1. The van der Waals surface area contributed by atoms with Gasteiger partial charge in [0.15, 0.2) is 17.3 Å². The van der Waals surface area contributed by atoms with Crippen LogP contribution in [0.25, 0.3) is 22.3 Å². The summed E-state index contributed by atoms with van der Waals surface area (Å²) in [5, 5.41) is 19.6. The Bertz CT molecular complexity index is 1160. The quantitative estimate of drug-likeness (QED) is 0.329. The molecule has 1 aromatic carbocycles. The minimum atomic E-state index is -0.702. The van der Waals surface area contributed by atoms with Gasteiger partial charge in [-0.15, -0.1) is 0 Å². The lowest BCUT2D eigenvalue weighted by atomic mass is 10.2. The summed E-state index contributed by atoms with van der Waals surface area (Å²) in [5.74, 6) is -0.888. The molecule has 0 fully saturated rings. The number of carbonyl (C=O) groups is 1. The van der Waals surface area contributed by atoms with Crippen molar-refractivity contribution in [2.75, 3.05) is 6.61 Å². The lowest BCUT2D eigenvalue weighted by Crippen LogP contribution is -2.09. The van der Waals surface area contributed by atoms with E-state index in [2.05, 4.69) is 15.0 Å². The molecular weight excluding hydrogens is 346 g/mol. The third-order valence-electron chi connectivity index (χ3n) is 3.94. The second kappa shape index (κ2) is 6.65. The van der Waals surface area contributed by atoms with Crippen molar-refractivity contribution < 1.29 is 14.6 Å². The number of hydrogen-bond acceptors (Lipinski definition) is 6. The number of para-hydroxylation sites is 2. The number of aromatic nitrogens is 4. The Hall–Kier alpha value is -4.12. The number of rotatable bonds is 4. The van der Waals surface area contributed by atoms with Gasteiger partial charge in [0, 0.05) is 12.4 Å². The molecule has 0 aliphatic rings. The molecule has 2 N–H and O–H groups in total. The van der Waals surface area contributed by atoms with Gasteiger partial charge in [-0.3, -0.25) is 0 Å². The Morgan fingerprint density at radius 1 is 1.22 bits per heavy atom. The smallest absolute Gasteiger partial charge is 0.359 e. The van der Waals surface area contributed by atoms with Crippen molar-refractivity contribution in [3.8, 4) is 6.07 Å². The third kappa shape index (κ3) is 3.09. The van der Waals surface area contributed by atoms with E-state index in [-0.39, 0.29) is 17.1 Å². The van der Waals surface area contributed by atoms with E-state index >= 15 is 0 Å². The zero-order valence-electron chi connectivity index (χ0n) is 14.0. The van der Waals surface area contributed by atoms with Crippen LogP contribution in [0.4, 0.5) is 0 Å². The molecular formula is C19H13N5O3.